The summed E-state index contributed by atoms with van der Waals surface area (Å²) in [5.41, 5.74) is 0.553. The number of hydrogen-bond donors (Lipinski definition) is 0. The van der Waals surface area contributed by atoms with E-state index in [2.05, 4.69) is 4.40 Å². The summed E-state index contributed by atoms with van der Waals surface area (Å²) in [5, 5.41) is 0. The molecule has 29 heavy (non-hydrogen) atoms. The van der Waals surface area contributed by atoms with E-state index in [-0.39, 0.29) is 16.2 Å². The van der Waals surface area contributed by atoms with Crippen molar-refractivity contribution >= 4 is 37.5 Å². The van der Waals surface area contributed by atoms with Crippen LogP contribution in [0.25, 0.3) is 10.2 Å². The molecular weight excluding hydrogens is 423 g/mol. The van der Waals surface area contributed by atoms with Crippen molar-refractivity contribution in [2.45, 2.75) is 11.4 Å². The molecule has 2 heterocycles. The number of sulfonamides is 1. The molecule has 0 saturated carbocycles. The highest BCUT2D eigenvalue weighted by Crippen LogP contribution is 2.35. The minimum atomic E-state index is -4.13. The van der Waals surface area contributed by atoms with E-state index in [0.29, 0.717) is 34.9 Å². The quantitative estimate of drug-likeness (QED) is 0.579. The molecule has 0 radical (unpaired) electrons. The molecule has 8 nitrogen and oxygen atoms in total. The van der Waals surface area contributed by atoms with Gasteiger partial charge in [-0.25, -0.2) is 4.39 Å². The first-order valence-electron chi connectivity index (χ1n) is 8.44. The largest absolute Gasteiger partial charge is 0.486 e. The van der Waals surface area contributed by atoms with Crippen molar-refractivity contribution < 1.29 is 31.8 Å². The lowest BCUT2D eigenvalue weighted by molar-refractivity contribution is -0.141. The third-order valence-electron chi connectivity index (χ3n) is 4.17. The van der Waals surface area contributed by atoms with Gasteiger partial charge < -0.3 is 18.8 Å². The Hall–Kier alpha value is -2.92. The van der Waals surface area contributed by atoms with Gasteiger partial charge in [-0.2, -0.15) is 8.42 Å². The predicted octanol–water partition coefficient (Wildman–Crippen LogP) is 2.08. The maximum absolute atomic E-state index is 13.1. The number of rotatable bonds is 4. The minimum Gasteiger partial charge on any atom is -0.486 e. The second kappa shape index (κ2) is 7.48. The van der Waals surface area contributed by atoms with Crippen molar-refractivity contribution in [2.75, 3.05) is 20.3 Å². The van der Waals surface area contributed by atoms with E-state index >= 15 is 0 Å². The van der Waals surface area contributed by atoms with E-state index in [1.54, 1.807) is 12.1 Å². The smallest absolute Gasteiger partial charge is 0.325 e. The molecule has 1 aliphatic rings. The number of esters is 1. The molecule has 0 atom stereocenters. The highest BCUT2D eigenvalue weighted by Gasteiger charge is 2.20. The molecule has 4 rings (SSSR count). The first-order chi connectivity index (χ1) is 13.9. The summed E-state index contributed by atoms with van der Waals surface area (Å²) in [6.45, 7) is 0.548. The number of aromatic nitrogens is 1. The van der Waals surface area contributed by atoms with Gasteiger partial charge in [-0.05, 0) is 24.3 Å². The fourth-order valence-electron chi connectivity index (χ4n) is 2.79. The van der Waals surface area contributed by atoms with Crippen LogP contribution in [-0.4, -0.2) is 39.3 Å². The maximum atomic E-state index is 13.1. The maximum Gasteiger partial charge on any atom is 0.325 e. The second-order valence-corrected chi connectivity index (χ2v) is 8.64. The standard InChI is InChI=1S/C18H15FN2O6S2/c1-25-17(22)10-21-13-8-14-15(27-7-6-26-14)9-16(13)28-18(21)20-29(23,24)12-4-2-11(19)3-5-12/h2-5,8-9H,6-7,10H2,1H3. The molecule has 0 saturated heterocycles. The van der Waals surface area contributed by atoms with Crippen LogP contribution in [0.1, 0.15) is 0 Å². The summed E-state index contributed by atoms with van der Waals surface area (Å²) < 4.78 is 60.4. The highest BCUT2D eigenvalue weighted by molar-refractivity contribution is 7.90. The SMILES string of the molecule is COC(=O)Cn1c(=NS(=O)(=O)c2ccc(F)cc2)sc2cc3c(cc21)OCCO3. The van der Waals surface area contributed by atoms with Gasteiger partial charge in [0.2, 0.25) is 4.80 Å². The van der Waals surface area contributed by atoms with Crippen LogP contribution in [0.4, 0.5) is 4.39 Å². The Morgan fingerprint density at radius 3 is 2.52 bits per heavy atom. The fourth-order valence-corrected chi connectivity index (χ4v) is 5.03. The van der Waals surface area contributed by atoms with Crippen molar-refractivity contribution in [3.8, 4) is 11.5 Å². The van der Waals surface area contributed by atoms with Gasteiger partial charge in [-0.1, -0.05) is 11.3 Å². The van der Waals surface area contributed by atoms with E-state index in [1.807, 2.05) is 0 Å². The molecule has 0 fully saturated rings. The highest BCUT2D eigenvalue weighted by atomic mass is 32.2. The molecule has 1 aromatic heterocycles. The van der Waals surface area contributed by atoms with Crippen LogP contribution in [0.2, 0.25) is 0 Å². The lowest BCUT2D eigenvalue weighted by Gasteiger charge is -2.18. The Morgan fingerprint density at radius 1 is 1.21 bits per heavy atom. The van der Waals surface area contributed by atoms with Gasteiger partial charge >= 0.3 is 5.97 Å². The first kappa shape index (κ1) is 19.4. The zero-order valence-corrected chi connectivity index (χ0v) is 16.8. The van der Waals surface area contributed by atoms with Crippen LogP contribution in [0.5, 0.6) is 11.5 Å². The predicted molar refractivity (Wildman–Crippen MR) is 102 cm³/mol. The Bertz CT molecular complexity index is 1260. The van der Waals surface area contributed by atoms with E-state index in [4.69, 9.17) is 14.2 Å². The molecule has 1 aliphatic heterocycles. The number of halogens is 1. The van der Waals surface area contributed by atoms with Crippen LogP contribution in [0.15, 0.2) is 45.7 Å². The van der Waals surface area contributed by atoms with Gasteiger partial charge in [-0.15, -0.1) is 4.40 Å². The van der Waals surface area contributed by atoms with Gasteiger partial charge in [0.1, 0.15) is 25.6 Å². The van der Waals surface area contributed by atoms with Crippen molar-refractivity contribution in [1.82, 2.24) is 4.57 Å². The van der Waals surface area contributed by atoms with Crippen molar-refractivity contribution in [3.63, 3.8) is 0 Å². The molecule has 0 bridgehead atoms. The Labute approximate surface area is 168 Å². The van der Waals surface area contributed by atoms with Gasteiger partial charge in [0.05, 0.1) is 22.2 Å². The van der Waals surface area contributed by atoms with Crippen LogP contribution >= 0.6 is 11.3 Å². The number of carbonyl (C=O) groups excluding carboxylic acids is 1. The molecular formula is C18H15FN2O6S2. The van der Waals surface area contributed by atoms with E-state index < -0.39 is 21.8 Å². The number of benzene rings is 2. The summed E-state index contributed by atoms with van der Waals surface area (Å²) in [6.07, 6.45) is 0. The van der Waals surface area contributed by atoms with Crippen LogP contribution in [-0.2, 0) is 26.1 Å². The molecule has 152 valence electrons. The summed E-state index contributed by atoms with van der Waals surface area (Å²) in [6, 6.07) is 7.73. The number of hydrogen-bond acceptors (Lipinski definition) is 7. The summed E-state index contributed by atoms with van der Waals surface area (Å²) in [4.78, 5) is 11.8. The van der Waals surface area contributed by atoms with Crippen molar-refractivity contribution in [3.05, 3.63) is 47.0 Å². The molecule has 3 aromatic rings. The minimum absolute atomic E-state index is 0.0667. The summed E-state index contributed by atoms with van der Waals surface area (Å²) in [5.74, 6) is -0.103. The fraction of sp³-hybridized carbons (Fsp3) is 0.222. The molecule has 0 aliphatic carbocycles. The number of methoxy groups -OCH3 is 1. The van der Waals surface area contributed by atoms with Gasteiger partial charge in [0.25, 0.3) is 10.0 Å². The molecule has 11 heteroatoms. The lowest BCUT2D eigenvalue weighted by atomic mass is 10.2. The Morgan fingerprint density at radius 2 is 1.86 bits per heavy atom. The first-order valence-corrected chi connectivity index (χ1v) is 10.7. The zero-order chi connectivity index (χ0) is 20.6. The van der Waals surface area contributed by atoms with E-state index in [0.717, 1.165) is 35.6 Å². The summed E-state index contributed by atoms with van der Waals surface area (Å²) in [7, 11) is -2.89. The van der Waals surface area contributed by atoms with Crippen LogP contribution < -0.4 is 14.3 Å². The Balaban J connectivity index is 1.92. The average molecular weight is 438 g/mol. The summed E-state index contributed by atoms with van der Waals surface area (Å²) >= 11 is 1.07. The monoisotopic (exact) mass is 438 g/mol. The third kappa shape index (κ3) is 3.83. The van der Waals surface area contributed by atoms with E-state index in [9.17, 15) is 17.6 Å². The number of carbonyl (C=O) groups is 1. The van der Waals surface area contributed by atoms with Crippen molar-refractivity contribution in [1.29, 1.82) is 0 Å². The van der Waals surface area contributed by atoms with Crippen LogP contribution in [0, 0.1) is 5.82 Å². The Kier molecular flexibility index (Phi) is 5.01. The molecule has 0 unspecified atom stereocenters. The third-order valence-corrected chi connectivity index (χ3v) is 6.61. The topological polar surface area (TPSA) is 96.2 Å². The molecule has 0 amide bonds. The van der Waals surface area contributed by atoms with Gasteiger partial charge in [-0.3, -0.25) is 4.79 Å². The molecule has 2 aromatic carbocycles. The van der Waals surface area contributed by atoms with E-state index in [1.165, 1.54) is 11.7 Å². The lowest BCUT2D eigenvalue weighted by Crippen LogP contribution is -2.22. The number of fused-ring (bicyclic) bond motifs is 2. The average Bonchev–Trinajstić information content (AvgIpc) is 3.01. The number of thiazole rings is 1. The number of ether oxygens (including phenoxy) is 3. The van der Waals surface area contributed by atoms with Gasteiger partial charge in [0, 0.05) is 12.1 Å². The second-order valence-electron chi connectivity index (χ2n) is 6.03. The van der Waals surface area contributed by atoms with Crippen molar-refractivity contribution in [2.24, 2.45) is 4.40 Å². The molecule has 0 N–H and O–H groups in total. The normalized spacial score (nSPS) is 14.2. The zero-order valence-electron chi connectivity index (χ0n) is 15.1. The van der Waals surface area contributed by atoms with Crippen LogP contribution in [0.3, 0.4) is 0 Å². The number of nitrogens with zero attached hydrogens (tertiary/aromatic N) is 2. The van der Waals surface area contributed by atoms with Gasteiger partial charge in [0.15, 0.2) is 11.5 Å². The molecule has 0 spiro atoms.